The third-order valence-electron chi connectivity index (χ3n) is 5.36. The number of carbonyl (C=O) groups excluding carboxylic acids is 1. The van der Waals surface area contributed by atoms with Crippen LogP contribution in [0.2, 0.25) is 0 Å². The molecule has 1 rings (SSSR count). The second-order valence-electron chi connectivity index (χ2n) is 7.66. The van der Waals surface area contributed by atoms with Gasteiger partial charge in [0.2, 0.25) is 5.91 Å². The van der Waals surface area contributed by atoms with E-state index < -0.39 is 0 Å². The summed E-state index contributed by atoms with van der Waals surface area (Å²) in [4.78, 5) is 11.7. The average Bonchev–Trinajstić information content (AvgIpc) is 2.59. The number of rotatable bonds is 2. The Balaban J connectivity index is 2.28. The van der Waals surface area contributed by atoms with E-state index in [1.807, 2.05) is 0 Å². The van der Waals surface area contributed by atoms with Crippen molar-refractivity contribution >= 4 is 18.5 Å². The van der Waals surface area contributed by atoms with Crippen molar-refractivity contribution in [2.75, 3.05) is 5.75 Å². The van der Waals surface area contributed by atoms with Gasteiger partial charge in [-0.3, -0.25) is 4.79 Å². The normalized spacial score (nSPS) is 22.0. The van der Waals surface area contributed by atoms with Crippen LogP contribution in [0.3, 0.4) is 0 Å². The minimum atomic E-state index is 0.0988. The fraction of sp³-hybridized carbons (Fsp3) is 0.952. The third kappa shape index (κ3) is 13.1. The summed E-state index contributed by atoms with van der Waals surface area (Å²) in [6.45, 7) is 0. The van der Waals surface area contributed by atoms with Gasteiger partial charge in [0.15, 0.2) is 0 Å². The first-order chi connectivity index (χ1) is 11.8. The summed E-state index contributed by atoms with van der Waals surface area (Å²) in [6, 6.07) is 0.381. The van der Waals surface area contributed by atoms with Crippen molar-refractivity contribution in [1.82, 2.24) is 5.32 Å². The number of carbonyl (C=O) groups is 1. The van der Waals surface area contributed by atoms with Crippen LogP contribution < -0.4 is 5.32 Å². The topological polar surface area (TPSA) is 29.1 Å². The summed E-state index contributed by atoms with van der Waals surface area (Å²) in [6.07, 6.45) is 24.5. The van der Waals surface area contributed by atoms with Crippen molar-refractivity contribution in [2.24, 2.45) is 0 Å². The molecule has 0 unspecified atom stereocenters. The molecule has 0 radical (unpaired) electrons. The Morgan fingerprint density at radius 2 is 0.917 bits per heavy atom. The third-order valence-corrected chi connectivity index (χ3v) is 5.65. The largest absolute Gasteiger partial charge is 0.353 e. The van der Waals surface area contributed by atoms with Crippen molar-refractivity contribution in [3.63, 3.8) is 0 Å². The van der Waals surface area contributed by atoms with Gasteiger partial charge in [0.05, 0.1) is 5.75 Å². The van der Waals surface area contributed by atoms with Crippen molar-refractivity contribution in [3.8, 4) is 0 Å². The molecule has 1 saturated carbocycles. The first kappa shape index (κ1) is 21.9. The highest BCUT2D eigenvalue weighted by atomic mass is 32.1. The Morgan fingerprint density at radius 1 is 0.625 bits per heavy atom. The lowest BCUT2D eigenvalue weighted by Gasteiger charge is -2.18. The lowest BCUT2D eigenvalue weighted by molar-refractivity contribution is -0.119. The molecule has 0 bridgehead atoms. The van der Waals surface area contributed by atoms with E-state index in [1.165, 1.54) is 103 Å². The molecule has 0 atom stereocenters. The van der Waals surface area contributed by atoms with Crippen molar-refractivity contribution < 1.29 is 4.79 Å². The molecule has 142 valence electrons. The molecule has 1 aliphatic carbocycles. The molecule has 1 N–H and O–H groups in total. The smallest absolute Gasteiger partial charge is 0.229 e. The lowest BCUT2D eigenvalue weighted by atomic mass is 10.00. The summed E-state index contributed by atoms with van der Waals surface area (Å²) in [5.74, 6) is 0.415. The van der Waals surface area contributed by atoms with Gasteiger partial charge in [0, 0.05) is 6.04 Å². The highest BCUT2D eigenvalue weighted by Crippen LogP contribution is 2.17. The predicted molar refractivity (Wildman–Crippen MR) is 109 cm³/mol. The Labute approximate surface area is 156 Å². The number of amides is 1. The van der Waals surface area contributed by atoms with E-state index in [2.05, 4.69) is 17.9 Å². The van der Waals surface area contributed by atoms with Crippen LogP contribution in [0.25, 0.3) is 0 Å². The maximum absolute atomic E-state index is 11.7. The zero-order chi connectivity index (χ0) is 17.3. The van der Waals surface area contributed by atoms with E-state index >= 15 is 0 Å². The van der Waals surface area contributed by atoms with Crippen molar-refractivity contribution in [3.05, 3.63) is 0 Å². The molecule has 1 fully saturated rings. The maximum Gasteiger partial charge on any atom is 0.229 e. The zero-order valence-electron chi connectivity index (χ0n) is 15.9. The van der Waals surface area contributed by atoms with E-state index in [1.54, 1.807) is 0 Å². The van der Waals surface area contributed by atoms with E-state index in [9.17, 15) is 4.79 Å². The zero-order valence-corrected chi connectivity index (χ0v) is 16.8. The van der Waals surface area contributed by atoms with Gasteiger partial charge in [-0.15, -0.1) is 0 Å². The Bertz CT molecular complexity index is 276. The summed E-state index contributed by atoms with van der Waals surface area (Å²) in [7, 11) is 0. The molecule has 3 heteroatoms. The molecule has 0 heterocycles. The van der Waals surface area contributed by atoms with Gasteiger partial charge in [-0.25, -0.2) is 0 Å². The standard InChI is InChI=1S/C21H41NOS/c23-21(19-24)22-20-17-15-13-11-9-7-5-3-1-2-4-6-8-10-12-14-16-18-20/h20,24H,1-19H2,(H,22,23). The summed E-state index contributed by atoms with van der Waals surface area (Å²) < 4.78 is 0. The quantitative estimate of drug-likeness (QED) is 0.549. The summed E-state index contributed by atoms with van der Waals surface area (Å²) in [5, 5.41) is 3.18. The fourth-order valence-corrected chi connectivity index (χ4v) is 3.91. The van der Waals surface area contributed by atoms with Crippen LogP contribution >= 0.6 is 12.6 Å². The number of hydrogen-bond donors (Lipinski definition) is 2. The van der Waals surface area contributed by atoms with Gasteiger partial charge in [0.1, 0.15) is 0 Å². The lowest BCUT2D eigenvalue weighted by Crippen LogP contribution is -2.35. The van der Waals surface area contributed by atoms with Crippen LogP contribution in [-0.4, -0.2) is 17.7 Å². The number of thiol groups is 1. The van der Waals surface area contributed by atoms with Crippen LogP contribution in [0.1, 0.15) is 116 Å². The highest BCUT2D eigenvalue weighted by Gasteiger charge is 2.11. The molecule has 0 aliphatic heterocycles. The maximum atomic E-state index is 11.7. The molecule has 1 amide bonds. The molecule has 24 heavy (non-hydrogen) atoms. The predicted octanol–water partition coefficient (Wildman–Crippen LogP) is 6.44. The van der Waals surface area contributed by atoms with Gasteiger partial charge in [-0.2, -0.15) is 12.6 Å². The molecule has 2 nitrogen and oxygen atoms in total. The van der Waals surface area contributed by atoms with Crippen molar-refractivity contribution in [2.45, 2.75) is 122 Å². The van der Waals surface area contributed by atoms with Gasteiger partial charge >= 0.3 is 0 Å². The monoisotopic (exact) mass is 355 g/mol. The Morgan fingerprint density at radius 3 is 1.21 bits per heavy atom. The molecule has 0 aromatic rings. The van der Waals surface area contributed by atoms with Gasteiger partial charge < -0.3 is 5.32 Å². The Kier molecular flexibility index (Phi) is 14.8. The minimum absolute atomic E-state index is 0.0988. The second-order valence-corrected chi connectivity index (χ2v) is 7.97. The summed E-state index contributed by atoms with van der Waals surface area (Å²) in [5.41, 5.74) is 0. The van der Waals surface area contributed by atoms with E-state index in [-0.39, 0.29) is 5.91 Å². The van der Waals surface area contributed by atoms with Crippen LogP contribution in [0.15, 0.2) is 0 Å². The molecule has 0 spiro atoms. The SMILES string of the molecule is O=C(CS)NC1CCCCCCCCCCCCCCCCCC1. The number of hydrogen-bond acceptors (Lipinski definition) is 2. The van der Waals surface area contributed by atoms with Crippen LogP contribution in [0, 0.1) is 0 Å². The highest BCUT2D eigenvalue weighted by molar-refractivity contribution is 7.81. The van der Waals surface area contributed by atoms with Crippen LogP contribution in [-0.2, 0) is 4.79 Å². The molecule has 0 saturated heterocycles. The second kappa shape index (κ2) is 16.3. The first-order valence-electron chi connectivity index (χ1n) is 10.7. The molecule has 0 aromatic heterocycles. The van der Waals surface area contributed by atoms with Crippen LogP contribution in [0.4, 0.5) is 0 Å². The van der Waals surface area contributed by atoms with Crippen molar-refractivity contribution in [1.29, 1.82) is 0 Å². The van der Waals surface area contributed by atoms with E-state index in [4.69, 9.17) is 0 Å². The minimum Gasteiger partial charge on any atom is -0.353 e. The summed E-state index contributed by atoms with van der Waals surface area (Å²) >= 11 is 4.10. The van der Waals surface area contributed by atoms with Crippen LogP contribution in [0.5, 0.6) is 0 Å². The molecular weight excluding hydrogens is 314 g/mol. The van der Waals surface area contributed by atoms with Gasteiger partial charge in [-0.05, 0) is 12.8 Å². The first-order valence-corrected chi connectivity index (χ1v) is 11.4. The number of nitrogens with one attached hydrogen (secondary N) is 1. The van der Waals surface area contributed by atoms with E-state index in [0.717, 1.165) is 12.8 Å². The average molecular weight is 356 g/mol. The van der Waals surface area contributed by atoms with E-state index in [0.29, 0.717) is 11.8 Å². The van der Waals surface area contributed by atoms with Gasteiger partial charge in [0.25, 0.3) is 0 Å². The fourth-order valence-electron chi connectivity index (χ4n) is 3.82. The Hall–Kier alpha value is -0.180. The molecule has 0 aromatic carbocycles. The van der Waals surface area contributed by atoms with Gasteiger partial charge in [-0.1, -0.05) is 103 Å². The molecule has 1 aliphatic rings. The molecular formula is C21H41NOS.